The Morgan fingerprint density at radius 2 is 0.872 bits per heavy atom. The van der Waals surface area contributed by atoms with Gasteiger partial charge in [-0.25, -0.2) is 17.6 Å². The summed E-state index contributed by atoms with van der Waals surface area (Å²) < 4.78 is 198. The van der Waals surface area contributed by atoms with Gasteiger partial charge in [-0.3, -0.25) is 0 Å². The number of alkyl halides is 9. The van der Waals surface area contributed by atoms with E-state index in [0.717, 1.165) is 0 Å². The zero-order valence-corrected chi connectivity index (χ0v) is 18.1. The first-order valence-corrected chi connectivity index (χ1v) is 9.60. The van der Waals surface area contributed by atoms with Gasteiger partial charge in [-0.2, -0.15) is 43.9 Å². The van der Waals surface area contributed by atoms with Crippen LogP contribution in [0.3, 0.4) is 0 Å². The van der Waals surface area contributed by atoms with Gasteiger partial charge in [0.1, 0.15) is 5.56 Å². The van der Waals surface area contributed by atoms with Gasteiger partial charge in [0.25, 0.3) is 0 Å². The van der Waals surface area contributed by atoms with E-state index in [4.69, 9.17) is 11.5 Å². The van der Waals surface area contributed by atoms with Gasteiger partial charge in [0.05, 0.1) is 22.5 Å². The van der Waals surface area contributed by atoms with E-state index < -0.39 is 105 Å². The van der Waals surface area contributed by atoms with Crippen LogP contribution < -0.4 is 20.9 Å². The van der Waals surface area contributed by atoms with Gasteiger partial charge in [-0.15, -0.1) is 0 Å². The van der Waals surface area contributed by atoms with Gasteiger partial charge in [0, 0.05) is 0 Å². The fourth-order valence-electron chi connectivity index (χ4n) is 3.04. The molecule has 0 aromatic heterocycles. The largest absolute Gasteiger partial charge is 0.448 e. The molecule has 0 fully saturated rings. The molecule has 0 aliphatic rings. The quantitative estimate of drug-likeness (QED) is 0.239. The lowest BCUT2D eigenvalue weighted by molar-refractivity contribution is -0.139. The summed E-state index contributed by atoms with van der Waals surface area (Å²) in [5.74, 6) is -19.1. The van der Waals surface area contributed by atoms with Crippen LogP contribution >= 0.6 is 0 Å². The van der Waals surface area contributed by atoms with E-state index in [2.05, 4.69) is 9.47 Å². The van der Waals surface area contributed by atoms with Crippen LogP contribution in [0.15, 0.2) is 24.3 Å². The highest BCUT2D eigenvalue weighted by Gasteiger charge is 2.41. The molecule has 3 rings (SSSR count). The number of hydrogen-bond acceptors (Lipinski definition) is 4. The molecule has 0 heterocycles. The zero-order chi connectivity index (χ0) is 29.8. The molecule has 0 bridgehead atoms. The summed E-state index contributed by atoms with van der Waals surface area (Å²) in [6.45, 7) is 0. The molecule has 4 N–H and O–H groups in total. The van der Waals surface area contributed by atoms with E-state index in [-0.39, 0.29) is 18.2 Å². The topological polar surface area (TPSA) is 70.5 Å². The lowest BCUT2D eigenvalue weighted by atomic mass is 10.1. The Morgan fingerprint density at radius 1 is 0.487 bits per heavy atom. The Bertz CT molecular complexity index is 1450. The number of rotatable bonds is 4. The highest BCUT2D eigenvalue weighted by molar-refractivity contribution is 5.58. The van der Waals surface area contributed by atoms with Crippen LogP contribution in [-0.4, -0.2) is 0 Å². The van der Waals surface area contributed by atoms with Gasteiger partial charge in [-0.05, 0) is 24.3 Å². The second-order valence-corrected chi connectivity index (χ2v) is 7.38. The Morgan fingerprint density at radius 3 is 1.26 bits per heavy atom. The predicted octanol–water partition coefficient (Wildman–Crippen LogP) is 8.19. The second-order valence-electron chi connectivity index (χ2n) is 7.38. The number of nitrogen functional groups attached to an aromatic ring is 2. The molecule has 39 heavy (non-hydrogen) atoms. The van der Waals surface area contributed by atoms with Crippen molar-refractivity contribution in [3.05, 3.63) is 70.0 Å². The minimum Gasteiger partial charge on any atom is -0.448 e. The maximum Gasteiger partial charge on any atom is 0.420 e. The molecular formula is C21H8F14N2O2. The fourth-order valence-corrected chi connectivity index (χ4v) is 3.04. The van der Waals surface area contributed by atoms with E-state index in [1.807, 2.05) is 0 Å². The van der Waals surface area contributed by atoms with Crippen LogP contribution in [0.2, 0.25) is 0 Å². The van der Waals surface area contributed by atoms with E-state index >= 15 is 4.39 Å². The number of ether oxygens (including phenoxy) is 2. The standard InChI is InChI=1S/C21H8F14N2O2/c22-8-3-6(20(30,31)32)14(36)12(25)17(8)38-10-2-1-5(19(27,28)29)16(11(10)24)39-18-9(23)4-7(21(33,34)35)15(37)13(18)26/h1-4H,36-37H2. The first kappa shape index (κ1) is 29.4. The van der Waals surface area contributed by atoms with Crippen LogP contribution in [0.4, 0.5) is 72.8 Å². The molecule has 0 amide bonds. The highest BCUT2D eigenvalue weighted by atomic mass is 19.4. The Labute approximate surface area is 206 Å². The SMILES string of the molecule is Nc1c(C(F)(F)F)cc(F)c(Oc2ccc(C(F)(F)F)c(Oc3c(F)cc(C(F)(F)F)c(N)c3F)c2F)c1F. The molecule has 0 spiro atoms. The van der Waals surface area contributed by atoms with Crippen molar-refractivity contribution in [1.82, 2.24) is 0 Å². The van der Waals surface area contributed by atoms with Crippen molar-refractivity contribution in [2.75, 3.05) is 11.5 Å². The third-order valence-corrected chi connectivity index (χ3v) is 4.82. The summed E-state index contributed by atoms with van der Waals surface area (Å²) in [5, 5.41) is 0. The molecule has 4 nitrogen and oxygen atoms in total. The second kappa shape index (κ2) is 9.57. The maximum atomic E-state index is 15.0. The molecule has 3 aromatic rings. The van der Waals surface area contributed by atoms with Crippen molar-refractivity contribution in [2.45, 2.75) is 18.5 Å². The van der Waals surface area contributed by atoms with Crippen molar-refractivity contribution >= 4 is 11.4 Å². The molecule has 3 aromatic carbocycles. The molecule has 0 atom stereocenters. The summed E-state index contributed by atoms with van der Waals surface area (Å²) >= 11 is 0. The van der Waals surface area contributed by atoms with Crippen molar-refractivity contribution in [1.29, 1.82) is 0 Å². The number of hydrogen-bond donors (Lipinski definition) is 2. The molecule has 0 aliphatic heterocycles. The van der Waals surface area contributed by atoms with E-state index in [1.54, 1.807) is 0 Å². The van der Waals surface area contributed by atoms with Crippen molar-refractivity contribution < 1.29 is 70.9 Å². The van der Waals surface area contributed by atoms with Gasteiger partial charge in [-0.1, -0.05) is 0 Å². The van der Waals surface area contributed by atoms with Gasteiger partial charge >= 0.3 is 18.5 Å². The smallest absolute Gasteiger partial charge is 0.420 e. The average Bonchev–Trinajstić information content (AvgIpc) is 2.78. The number of benzene rings is 3. The first-order valence-electron chi connectivity index (χ1n) is 9.60. The lowest BCUT2D eigenvalue weighted by Gasteiger charge is -2.19. The number of halogens is 14. The van der Waals surface area contributed by atoms with Crippen molar-refractivity contribution in [3.8, 4) is 23.0 Å². The maximum absolute atomic E-state index is 15.0. The number of anilines is 2. The predicted molar refractivity (Wildman–Crippen MR) is 103 cm³/mol. The third-order valence-electron chi connectivity index (χ3n) is 4.82. The summed E-state index contributed by atoms with van der Waals surface area (Å²) in [5.41, 5.74) is 0.0127. The van der Waals surface area contributed by atoms with E-state index in [9.17, 15) is 57.1 Å². The summed E-state index contributed by atoms with van der Waals surface area (Å²) in [7, 11) is 0. The van der Waals surface area contributed by atoms with Crippen LogP contribution in [0.5, 0.6) is 23.0 Å². The Hall–Kier alpha value is -4.12. The normalized spacial score (nSPS) is 12.6. The molecule has 18 heteroatoms. The lowest BCUT2D eigenvalue weighted by Crippen LogP contribution is -2.14. The van der Waals surface area contributed by atoms with E-state index in [1.165, 1.54) is 0 Å². The monoisotopic (exact) mass is 586 g/mol. The third kappa shape index (κ3) is 5.53. The average molecular weight is 586 g/mol. The summed E-state index contributed by atoms with van der Waals surface area (Å²) in [6, 6.07) is -0.871. The Balaban J connectivity index is 2.19. The zero-order valence-electron chi connectivity index (χ0n) is 18.1. The van der Waals surface area contributed by atoms with Gasteiger partial charge < -0.3 is 20.9 Å². The molecule has 0 radical (unpaired) electrons. The Kier molecular flexibility index (Phi) is 7.22. The molecule has 0 unspecified atom stereocenters. The first-order chi connectivity index (χ1) is 17.7. The van der Waals surface area contributed by atoms with Gasteiger partial charge in [0.2, 0.25) is 17.3 Å². The van der Waals surface area contributed by atoms with Crippen LogP contribution in [0.25, 0.3) is 0 Å². The number of nitrogens with two attached hydrogens (primary N) is 2. The molecule has 212 valence electrons. The molecule has 0 saturated carbocycles. The van der Waals surface area contributed by atoms with Gasteiger partial charge in [0.15, 0.2) is 34.8 Å². The molecular weight excluding hydrogens is 578 g/mol. The minimum absolute atomic E-state index is 0.0611. The molecule has 0 saturated heterocycles. The van der Waals surface area contributed by atoms with Crippen LogP contribution in [-0.2, 0) is 18.5 Å². The van der Waals surface area contributed by atoms with Crippen molar-refractivity contribution in [2.24, 2.45) is 0 Å². The highest BCUT2D eigenvalue weighted by Crippen LogP contribution is 2.47. The van der Waals surface area contributed by atoms with Crippen LogP contribution in [0, 0.1) is 29.1 Å². The molecule has 0 aliphatic carbocycles. The van der Waals surface area contributed by atoms with E-state index in [0.29, 0.717) is 0 Å². The fraction of sp³-hybridized carbons (Fsp3) is 0.143. The summed E-state index contributed by atoms with van der Waals surface area (Å²) in [4.78, 5) is 0. The van der Waals surface area contributed by atoms with Crippen molar-refractivity contribution in [3.63, 3.8) is 0 Å². The summed E-state index contributed by atoms with van der Waals surface area (Å²) in [6.07, 6.45) is -16.4. The minimum atomic E-state index is -5.58. The van der Waals surface area contributed by atoms with Crippen LogP contribution in [0.1, 0.15) is 16.7 Å².